The molecule has 1 N–H and O–H groups in total. The minimum Gasteiger partial charge on any atom is -0.507 e. The van der Waals surface area contributed by atoms with Crippen LogP contribution in [0.5, 0.6) is 17.2 Å². The number of hydrogen-bond donors (Lipinski definition) is 1. The van der Waals surface area contributed by atoms with Crippen LogP contribution >= 0.6 is 0 Å². The molecule has 0 fully saturated rings. The number of fused-ring (bicyclic) bond motifs is 1. The Morgan fingerprint density at radius 1 is 1.23 bits per heavy atom. The fourth-order valence-corrected chi connectivity index (χ4v) is 3.27. The van der Waals surface area contributed by atoms with Gasteiger partial charge in [0.25, 0.3) is 0 Å². The summed E-state index contributed by atoms with van der Waals surface area (Å²) >= 11 is 0. The molecule has 0 unspecified atom stereocenters. The average molecular weight is 418 g/mol. The van der Waals surface area contributed by atoms with E-state index >= 15 is 0 Å². The van der Waals surface area contributed by atoms with E-state index in [1.165, 1.54) is 31.2 Å². The molecule has 1 heterocycles. The van der Waals surface area contributed by atoms with Crippen LogP contribution < -0.4 is 9.47 Å². The van der Waals surface area contributed by atoms with Crippen molar-refractivity contribution >= 4 is 11.9 Å². The van der Waals surface area contributed by atoms with Crippen molar-refractivity contribution in [1.29, 1.82) is 0 Å². The SMILES string of the molecule is COc1c(OCC=C(C)CCC=C(C)C)cc(O)c2c1[C@@H](OC(C)=O)[C@@H](C)OC2=O. The first-order chi connectivity index (χ1) is 14.1. The number of phenolic OH excluding ortho intramolecular Hbond substituents is 1. The lowest BCUT2D eigenvalue weighted by molar-refractivity contribution is -0.153. The first-order valence-electron chi connectivity index (χ1n) is 9.89. The normalized spacial score (nSPS) is 18.2. The van der Waals surface area contributed by atoms with Crippen LogP contribution in [-0.4, -0.2) is 36.9 Å². The molecule has 1 aliphatic rings. The van der Waals surface area contributed by atoms with E-state index in [4.69, 9.17) is 18.9 Å². The molecule has 0 spiro atoms. The van der Waals surface area contributed by atoms with Crippen LogP contribution in [0.2, 0.25) is 0 Å². The van der Waals surface area contributed by atoms with Crippen LogP contribution in [0.4, 0.5) is 0 Å². The lowest BCUT2D eigenvalue weighted by atomic mass is 9.93. The zero-order valence-corrected chi connectivity index (χ0v) is 18.4. The highest BCUT2D eigenvalue weighted by atomic mass is 16.6. The van der Waals surface area contributed by atoms with Crippen molar-refractivity contribution < 1.29 is 33.6 Å². The number of benzene rings is 1. The second-order valence-electron chi connectivity index (χ2n) is 7.54. The number of methoxy groups -OCH3 is 1. The maximum atomic E-state index is 12.3. The van der Waals surface area contributed by atoms with Gasteiger partial charge in [-0.2, -0.15) is 0 Å². The molecule has 0 amide bonds. The third kappa shape index (κ3) is 5.55. The lowest BCUT2D eigenvalue weighted by Gasteiger charge is -2.32. The van der Waals surface area contributed by atoms with E-state index in [1.54, 1.807) is 6.92 Å². The molecule has 0 bridgehead atoms. The molecule has 2 atom stereocenters. The molecular formula is C23H30O7. The van der Waals surface area contributed by atoms with Crippen LogP contribution in [0.25, 0.3) is 0 Å². The van der Waals surface area contributed by atoms with Gasteiger partial charge in [-0.05, 0) is 46.6 Å². The standard InChI is InChI=1S/C23H30O7/c1-13(2)8-7-9-14(3)10-11-28-18-12-17(25)19-20(22(18)27-6)21(30-16(5)24)15(4)29-23(19)26/h8,10,12,15,21,25H,7,9,11H2,1-6H3/t15-,21+/m1/s1. The van der Waals surface area contributed by atoms with E-state index in [1.807, 2.05) is 13.0 Å². The highest BCUT2D eigenvalue weighted by Gasteiger charge is 2.41. The summed E-state index contributed by atoms with van der Waals surface area (Å²) in [5.74, 6) is -1.09. The molecule has 7 heteroatoms. The van der Waals surface area contributed by atoms with Gasteiger partial charge in [0.1, 0.15) is 24.0 Å². The summed E-state index contributed by atoms with van der Waals surface area (Å²) in [5, 5.41) is 10.4. The van der Waals surface area contributed by atoms with Crippen molar-refractivity contribution in [2.45, 2.75) is 59.7 Å². The summed E-state index contributed by atoms with van der Waals surface area (Å²) in [6.45, 7) is 9.29. The molecule has 0 aliphatic carbocycles. The van der Waals surface area contributed by atoms with E-state index in [0.29, 0.717) is 0 Å². The monoisotopic (exact) mass is 418 g/mol. The molecule has 2 rings (SSSR count). The Morgan fingerprint density at radius 2 is 1.93 bits per heavy atom. The summed E-state index contributed by atoms with van der Waals surface area (Å²) in [6, 6.07) is 1.31. The minimum atomic E-state index is -0.916. The van der Waals surface area contributed by atoms with Crippen LogP contribution in [0.15, 0.2) is 29.4 Å². The van der Waals surface area contributed by atoms with Gasteiger partial charge in [0.15, 0.2) is 17.6 Å². The van der Waals surface area contributed by atoms with Gasteiger partial charge >= 0.3 is 11.9 Å². The number of hydrogen-bond acceptors (Lipinski definition) is 7. The van der Waals surface area contributed by atoms with E-state index in [9.17, 15) is 14.7 Å². The second-order valence-corrected chi connectivity index (χ2v) is 7.54. The molecule has 1 aromatic carbocycles. The summed E-state index contributed by atoms with van der Waals surface area (Å²) < 4.78 is 21.9. The number of carbonyl (C=O) groups excluding carboxylic acids is 2. The number of phenols is 1. The number of esters is 2. The first kappa shape index (κ1) is 23.3. The third-order valence-corrected chi connectivity index (χ3v) is 4.73. The van der Waals surface area contributed by atoms with Gasteiger partial charge in [-0.1, -0.05) is 17.2 Å². The Hall–Kier alpha value is -2.96. The number of aromatic hydroxyl groups is 1. The maximum absolute atomic E-state index is 12.3. The van der Waals surface area contributed by atoms with Crippen molar-refractivity contribution in [3.63, 3.8) is 0 Å². The predicted octanol–water partition coefficient (Wildman–Crippen LogP) is 4.64. The minimum absolute atomic E-state index is 0.0861. The fourth-order valence-electron chi connectivity index (χ4n) is 3.27. The molecule has 7 nitrogen and oxygen atoms in total. The Morgan fingerprint density at radius 3 is 2.53 bits per heavy atom. The number of ether oxygens (including phenoxy) is 4. The van der Waals surface area contributed by atoms with Crippen molar-refractivity contribution in [1.82, 2.24) is 0 Å². The van der Waals surface area contributed by atoms with Crippen LogP contribution in [-0.2, 0) is 14.3 Å². The van der Waals surface area contributed by atoms with Crippen LogP contribution in [0.1, 0.15) is 69.5 Å². The van der Waals surface area contributed by atoms with Gasteiger partial charge in [0, 0.05) is 13.0 Å². The highest BCUT2D eigenvalue weighted by Crippen LogP contribution is 2.47. The van der Waals surface area contributed by atoms with Gasteiger partial charge in [0.05, 0.1) is 12.7 Å². The van der Waals surface area contributed by atoms with Crippen molar-refractivity contribution in [3.05, 3.63) is 40.5 Å². The first-order valence-corrected chi connectivity index (χ1v) is 9.89. The molecular weight excluding hydrogens is 388 g/mol. The van der Waals surface area contributed by atoms with E-state index in [-0.39, 0.29) is 35.0 Å². The molecule has 30 heavy (non-hydrogen) atoms. The van der Waals surface area contributed by atoms with E-state index < -0.39 is 24.1 Å². The van der Waals surface area contributed by atoms with Crippen molar-refractivity contribution in [3.8, 4) is 17.2 Å². The van der Waals surface area contributed by atoms with Gasteiger partial charge in [-0.3, -0.25) is 4.79 Å². The summed E-state index contributed by atoms with van der Waals surface area (Å²) in [5.41, 5.74) is 2.61. The van der Waals surface area contributed by atoms with Gasteiger partial charge < -0.3 is 24.1 Å². The number of rotatable bonds is 8. The Bertz CT molecular complexity index is 863. The predicted molar refractivity (Wildman–Crippen MR) is 112 cm³/mol. The van der Waals surface area contributed by atoms with Gasteiger partial charge in [0.2, 0.25) is 0 Å². The summed E-state index contributed by atoms with van der Waals surface area (Å²) in [7, 11) is 1.43. The number of allylic oxidation sites excluding steroid dienone is 3. The Kier molecular flexibility index (Phi) is 7.92. The maximum Gasteiger partial charge on any atom is 0.342 e. The zero-order valence-electron chi connectivity index (χ0n) is 18.4. The Balaban J connectivity index is 2.33. The summed E-state index contributed by atoms with van der Waals surface area (Å²) in [4.78, 5) is 23.9. The smallest absolute Gasteiger partial charge is 0.342 e. The Labute approximate surface area is 177 Å². The van der Waals surface area contributed by atoms with Crippen LogP contribution in [0.3, 0.4) is 0 Å². The van der Waals surface area contributed by atoms with Crippen LogP contribution in [0, 0.1) is 0 Å². The molecule has 1 aliphatic heterocycles. The second kappa shape index (κ2) is 10.2. The van der Waals surface area contributed by atoms with Gasteiger partial charge in [-0.25, -0.2) is 4.79 Å². The van der Waals surface area contributed by atoms with Crippen molar-refractivity contribution in [2.75, 3.05) is 13.7 Å². The quantitative estimate of drug-likeness (QED) is 0.486. The summed E-state index contributed by atoms with van der Waals surface area (Å²) in [6.07, 6.45) is 4.35. The largest absolute Gasteiger partial charge is 0.507 e. The average Bonchev–Trinajstić information content (AvgIpc) is 2.64. The lowest BCUT2D eigenvalue weighted by Crippen LogP contribution is -2.33. The van der Waals surface area contributed by atoms with Crippen molar-refractivity contribution in [2.24, 2.45) is 0 Å². The molecule has 0 aromatic heterocycles. The van der Waals surface area contributed by atoms with Gasteiger partial charge in [-0.15, -0.1) is 0 Å². The number of carbonyl (C=O) groups is 2. The van der Waals surface area contributed by atoms with E-state index in [0.717, 1.165) is 12.8 Å². The topological polar surface area (TPSA) is 91.3 Å². The highest BCUT2D eigenvalue weighted by molar-refractivity contribution is 5.97. The van der Waals surface area contributed by atoms with E-state index in [2.05, 4.69) is 19.9 Å². The molecule has 0 saturated heterocycles. The third-order valence-electron chi connectivity index (χ3n) is 4.73. The number of cyclic esters (lactones) is 1. The molecule has 0 radical (unpaired) electrons. The fraction of sp³-hybridized carbons (Fsp3) is 0.478. The molecule has 0 saturated carbocycles. The molecule has 164 valence electrons. The molecule has 1 aromatic rings. The zero-order chi connectivity index (χ0) is 22.4.